The summed E-state index contributed by atoms with van der Waals surface area (Å²) in [5.74, 6) is -0.106. The Hall–Kier alpha value is -2.55. The number of carbonyl (C=O) groups is 1. The third-order valence-electron chi connectivity index (χ3n) is 4.55. The highest BCUT2D eigenvalue weighted by Gasteiger charge is 2.26. The van der Waals surface area contributed by atoms with Gasteiger partial charge >= 0.3 is 0 Å². The summed E-state index contributed by atoms with van der Waals surface area (Å²) in [6.07, 6.45) is 2.04. The number of nitrogens with zero attached hydrogens (tertiary/aromatic N) is 1. The van der Waals surface area contributed by atoms with Crippen LogP contribution in [0.1, 0.15) is 17.2 Å². The van der Waals surface area contributed by atoms with Crippen LogP contribution in [-0.4, -0.2) is 24.4 Å². The zero-order chi connectivity index (χ0) is 14.9. The van der Waals surface area contributed by atoms with Crippen molar-refractivity contribution >= 4 is 22.9 Å². The molecule has 0 amide bonds. The number of hydrogen-bond donors (Lipinski definition) is 1. The lowest BCUT2D eigenvalue weighted by Gasteiger charge is -2.24. The highest BCUT2D eigenvalue weighted by atomic mass is 16.1. The summed E-state index contributed by atoms with van der Waals surface area (Å²) >= 11 is 0. The number of rotatable bonds is 2. The van der Waals surface area contributed by atoms with Crippen LogP contribution in [0.3, 0.4) is 0 Å². The van der Waals surface area contributed by atoms with Crippen LogP contribution in [0.2, 0.25) is 0 Å². The summed E-state index contributed by atoms with van der Waals surface area (Å²) in [6, 6.07) is 18.7. The molecule has 3 aromatic rings. The van der Waals surface area contributed by atoms with Crippen molar-refractivity contribution in [1.82, 2.24) is 4.98 Å². The first kappa shape index (κ1) is 13.1. The molecule has 1 unspecified atom stereocenters. The maximum Gasteiger partial charge on any atom is 0.130 e. The molecule has 4 rings (SSSR count). The van der Waals surface area contributed by atoms with E-state index in [0.29, 0.717) is 0 Å². The highest BCUT2D eigenvalue weighted by Crippen LogP contribution is 2.32. The van der Waals surface area contributed by atoms with Crippen molar-refractivity contribution in [2.45, 2.75) is 12.3 Å². The maximum absolute atomic E-state index is 11.7. The zero-order valence-corrected chi connectivity index (χ0v) is 12.3. The number of fused-ring (bicyclic) bond motifs is 3. The second-order valence-electron chi connectivity index (χ2n) is 5.84. The molecule has 0 bridgehead atoms. The standard InChI is InChI=1S/C19H18N2O/c22-13-14-12-21(15-6-2-1-3-7-15)11-10-17-16-8-4-5-9-18(16)20-19(14)17/h1-9,13-14,20H,10-12H2. The number of aldehydes is 1. The lowest BCUT2D eigenvalue weighted by atomic mass is 10.0. The first-order valence-electron chi connectivity index (χ1n) is 7.71. The number of anilines is 1. The minimum atomic E-state index is -0.106. The van der Waals surface area contributed by atoms with Crippen LogP contribution in [0.4, 0.5) is 5.69 Å². The van der Waals surface area contributed by atoms with Crippen molar-refractivity contribution in [1.29, 1.82) is 0 Å². The Morgan fingerprint density at radius 3 is 2.64 bits per heavy atom. The summed E-state index contributed by atoms with van der Waals surface area (Å²) in [5, 5.41) is 1.25. The lowest BCUT2D eigenvalue weighted by molar-refractivity contribution is -0.108. The number of carbonyl (C=O) groups excluding carboxylic acids is 1. The van der Waals surface area contributed by atoms with E-state index in [1.54, 1.807) is 0 Å². The summed E-state index contributed by atoms with van der Waals surface area (Å²) in [4.78, 5) is 17.5. The first-order valence-corrected chi connectivity index (χ1v) is 7.71. The van der Waals surface area contributed by atoms with Gasteiger partial charge in [-0.2, -0.15) is 0 Å². The van der Waals surface area contributed by atoms with Gasteiger partial charge in [-0.15, -0.1) is 0 Å². The predicted molar refractivity (Wildman–Crippen MR) is 89.5 cm³/mol. The molecular weight excluding hydrogens is 272 g/mol. The van der Waals surface area contributed by atoms with Gasteiger partial charge in [0.15, 0.2) is 0 Å². The summed E-state index contributed by atoms with van der Waals surface area (Å²) in [7, 11) is 0. The molecule has 0 saturated carbocycles. The van der Waals surface area contributed by atoms with E-state index in [1.165, 1.54) is 16.6 Å². The van der Waals surface area contributed by atoms with Crippen LogP contribution in [0.25, 0.3) is 10.9 Å². The monoisotopic (exact) mass is 290 g/mol. The molecule has 1 N–H and O–H groups in total. The van der Waals surface area contributed by atoms with Crippen molar-refractivity contribution in [3.05, 3.63) is 65.9 Å². The average molecular weight is 290 g/mol. The number of H-pyrrole nitrogens is 1. The fourth-order valence-corrected chi connectivity index (χ4v) is 3.46. The molecule has 22 heavy (non-hydrogen) atoms. The predicted octanol–water partition coefficient (Wildman–Crippen LogP) is 3.51. The molecule has 2 aromatic carbocycles. The topological polar surface area (TPSA) is 36.1 Å². The van der Waals surface area contributed by atoms with Gasteiger partial charge in [-0.25, -0.2) is 0 Å². The third-order valence-corrected chi connectivity index (χ3v) is 4.55. The smallest absolute Gasteiger partial charge is 0.130 e. The third kappa shape index (κ3) is 2.10. The Balaban J connectivity index is 1.77. The molecule has 110 valence electrons. The van der Waals surface area contributed by atoms with Gasteiger partial charge in [0, 0.05) is 35.4 Å². The largest absolute Gasteiger partial charge is 0.370 e. The Bertz CT molecular complexity index is 807. The van der Waals surface area contributed by atoms with Crippen LogP contribution >= 0.6 is 0 Å². The van der Waals surface area contributed by atoms with E-state index in [2.05, 4.69) is 40.2 Å². The highest BCUT2D eigenvalue weighted by molar-refractivity contribution is 5.86. The molecule has 0 fully saturated rings. The normalized spacial score (nSPS) is 18.0. The van der Waals surface area contributed by atoms with E-state index in [4.69, 9.17) is 0 Å². The van der Waals surface area contributed by atoms with E-state index in [1.807, 2.05) is 24.3 Å². The SMILES string of the molecule is O=CC1CN(c2ccccc2)CCc2c1[nH]c1ccccc21. The van der Waals surface area contributed by atoms with Crippen LogP contribution in [0, 0.1) is 0 Å². The van der Waals surface area contributed by atoms with Gasteiger partial charge in [-0.05, 0) is 30.2 Å². The number of nitrogens with one attached hydrogen (secondary N) is 1. The maximum atomic E-state index is 11.7. The Labute approximate surface area is 129 Å². The van der Waals surface area contributed by atoms with Crippen LogP contribution in [-0.2, 0) is 11.2 Å². The van der Waals surface area contributed by atoms with E-state index in [9.17, 15) is 4.79 Å². The first-order chi connectivity index (χ1) is 10.9. The second kappa shape index (κ2) is 5.34. The lowest BCUT2D eigenvalue weighted by Crippen LogP contribution is -2.28. The number of aromatic nitrogens is 1. The number of hydrogen-bond acceptors (Lipinski definition) is 2. The summed E-state index contributed by atoms with van der Waals surface area (Å²) in [6.45, 7) is 1.66. The van der Waals surface area contributed by atoms with Gasteiger partial charge in [0.2, 0.25) is 0 Å². The van der Waals surface area contributed by atoms with Crippen molar-refractivity contribution in [2.75, 3.05) is 18.0 Å². The van der Waals surface area contributed by atoms with E-state index in [0.717, 1.165) is 37.0 Å². The van der Waals surface area contributed by atoms with Gasteiger partial charge in [0.1, 0.15) is 6.29 Å². The molecule has 1 aliphatic rings. The minimum absolute atomic E-state index is 0.106. The van der Waals surface area contributed by atoms with Gasteiger partial charge in [0.05, 0.1) is 5.92 Å². The zero-order valence-electron chi connectivity index (χ0n) is 12.3. The van der Waals surface area contributed by atoms with Crippen LogP contribution in [0.15, 0.2) is 54.6 Å². The van der Waals surface area contributed by atoms with E-state index < -0.39 is 0 Å². The Kier molecular flexibility index (Phi) is 3.19. The van der Waals surface area contributed by atoms with Gasteiger partial charge in [0.25, 0.3) is 0 Å². The number of para-hydroxylation sites is 2. The van der Waals surface area contributed by atoms with Crippen molar-refractivity contribution in [3.8, 4) is 0 Å². The molecule has 1 aliphatic heterocycles. The van der Waals surface area contributed by atoms with Gasteiger partial charge in [-0.1, -0.05) is 36.4 Å². The Morgan fingerprint density at radius 1 is 1.05 bits per heavy atom. The molecule has 0 aliphatic carbocycles. The molecule has 0 spiro atoms. The van der Waals surface area contributed by atoms with Crippen molar-refractivity contribution < 1.29 is 4.79 Å². The summed E-state index contributed by atoms with van der Waals surface area (Å²) in [5.41, 5.74) is 4.71. The molecule has 2 heterocycles. The quantitative estimate of drug-likeness (QED) is 0.733. The molecule has 3 heteroatoms. The molecule has 0 radical (unpaired) electrons. The van der Waals surface area contributed by atoms with Crippen molar-refractivity contribution in [3.63, 3.8) is 0 Å². The van der Waals surface area contributed by atoms with Crippen LogP contribution in [0.5, 0.6) is 0 Å². The second-order valence-corrected chi connectivity index (χ2v) is 5.84. The fourth-order valence-electron chi connectivity index (χ4n) is 3.46. The van der Waals surface area contributed by atoms with Crippen LogP contribution < -0.4 is 4.90 Å². The Morgan fingerprint density at radius 2 is 1.82 bits per heavy atom. The molecule has 3 nitrogen and oxygen atoms in total. The molecule has 1 aromatic heterocycles. The number of benzene rings is 2. The van der Waals surface area contributed by atoms with E-state index in [-0.39, 0.29) is 5.92 Å². The molecular formula is C19H18N2O. The van der Waals surface area contributed by atoms with Crippen molar-refractivity contribution in [2.24, 2.45) is 0 Å². The van der Waals surface area contributed by atoms with Gasteiger partial charge < -0.3 is 14.7 Å². The molecule has 1 atom stereocenters. The summed E-state index contributed by atoms with van der Waals surface area (Å²) < 4.78 is 0. The molecule has 0 saturated heterocycles. The average Bonchev–Trinajstić information content (AvgIpc) is 2.84. The number of aromatic amines is 1. The fraction of sp³-hybridized carbons (Fsp3) is 0.211. The minimum Gasteiger partial charge on any atom is -0.370 e. The van der Waals surface area contributed by atoms with Gasteiger partial charge in [-0.3, -0.25) is 0 Å². The van der Waals surface area contributed by atoms with E-state index >= 15 is 0 Å².